The number of aromatic nitrogens is 2. The van der Waals surface area contributed by atoms with Crippen LogP contribution >= 0.6 is 11.6 Å². The van der Waals surface area contributed by atoms with Gasteiger partial charge in [-0.3, -0.25) is 0 Å². The van der Waals surface area contributed by atoms with Crippen molar-refractivity contribution in [2.45, 2.75) is 6.42 Å². The third-order valence-corrected chi connectivity index (χ3v) is 3.26. The number of benzene rings is 1. The molecule has 0 saturated heterocycles. The van der Waals surface area contributed by atoms with Gasteiger partial charge in [0.1, 0.15) is 16.8 Å². The highest BCUT2D eigenvalue weighted by Gasteiger charge is 2.14. The Labute approximate surface area is 111 Å². The van der Waals surface area contributed by atoms with Gasteiger partial charge in [0, 0.05) is 25.6 Å². The van der Waals surface area contributed by atoms with Crippen LogP contribution in [0.4, 0.5) is 4.39 Å². The molecular weight excluding hydrogens is 253 g/mol. The minimum atomic E-state index is -0.275. The maximum absolute atomic E-state index is 13.2. The summed E-state index contributed by atoms with van der Waals surface area (Å²) in [4.78, 5) is 4.48. The van der Waals surface area contributed by atoms with Gasteiger partial charge in [0.15, 0.2) is 0 Å². The number of nitrogens with one attached hydrogen (secondary N) is 1. The number of likely N-dealkylation sites (N-methyl/N-ethyl adjacent to an activating group) is 1. The lowest BCUT2D eigenvalue weighted by Gasteiger charge is -2.02. The van der Waals surface area contributed by atoms with Gasteiger partial charge >= 0.3 is 0 Å². The molecule has 0 amide bonds. The summed E-state index contributed by atoms with van der Waals surface area (Å²) >= 11 is 6.22. The van der Waals surface area contributed by atoms with E-state index in [4.69, 9.17) is 11.6 Å². The Bertz CT molecular complexity index is 551. The molecule has 1 heterocycles. The average molecular weight is 268 g/mol. The van der Waals surface area contributed by atoms with E-state index in [1.807, 2.05) is 20.2 Å². The zero-order chi connectivity index (χ0) is 13.1. The molecular formula is C13H15ClFN3. The highest BCUT2D eigenvalue weighted by molar-refractivity contribution is 6.30. The zero-order valence-corrected chi connectivity index (χ0v) is 11.1. The van der Waals surface area contributed by atoms with Crippen molar-refractivity contribution < 1.29 is 4.39 Å². The summed E-state index contributed by atoms with van der Waals surface area (Å²) in [5.41, 5.74) is 1.56. The van der Waals surface area contributed by atoms with Crippen LogP contribution in [0, 0.1) is 5.82 Å². The molecule has 0 aliphatic heterocycles. The smallest absolute Gasteiger partial charge is 0.141 e. The molecule has 96 valence electrons. The van der Waals surface area contributed by atoms with Crippen LogP contribution in [0.15, 0.2) is 24.3 Å². The Morgan fingerprint density at radius 3 is 2.89 bits per heavy atom. The minimum absolute atomic E-state index is 0.275. The molecule has 18 heavy (non-hydrogen) atoms. The molecule has 0 aliphatic rings. The van der Waals surface area contributed by atoms with Crippen LogP contribution in [0.25, 0.3) is 11.4 Å². The van der Waals surface area contributed by atoms with E-state index < -0.39 is 0 Å². The first-order valence-electron chi connectivity index (χ1n) is 5.75. The quantitative estimate of drug-likeness (QED) is 0.923. The molecule has 0 radical (unpaired) electrons. The van der Waals surface area contributed by atoms with Gasteiger partial charge in [-0.1, -0.05) is 23.7 Å². The number of nitrogens with zero attached hydrogens (tertiary/aromatic N) is 2. The lowest BCUT2D eigenvalue weighted by molar-refractivity contribution is 0.628. The number of halogens is 2. The summed E-state index contributed by atoms with van der Waals surface area (Å²) in [6.45, 7) is 0.805. The molecule has 5 heteroatoms. The van der Waals surface area contributed by atoms with Crippen LogP contribution in [-0.4, -0.2) is 23.1 Å². The summed E-state index contributed by atoms with van der Waals surface area (Å²) in [7, 11) is 3.71. The topological polar surface area (TPSA) is 29.9 Å². The van der Waals surface area contributed by atoms with Gasteiger partial charge in [0.2, 0.25) is 0 Å². The fourth-order valence-electron chi connectivity index (χ4n) is 1.82. The maximum Gasteiger partial charge on any atom is 0.141 e. The largest absolute Gasteiger partial charge is 0.319 e. The first-order valence-corrected chi connectivity index (χ1v) is 6.13. The highest BCUT2D eigenvalue weighted by Crippen LogP contribution is 2.25. The lowest BCUT2D eigenvalue weighted by atomic mass is 10.2. The van der Waals surface area contributed by atoms with Crippen molar-refractivity contribution in [1.82, 2.24) is 14.9 Å². The van der Waals surface area contributed by atoms with E-state index in [1.165, 1.54) is 12.1 Å². The lowest BCUT2D eigenvalue weighted by Crippen LogP contribution is -2.10. The standard InChI is InChI=1S/C13H15ClFN3/c1-16-7-6-11-12(14)18(2)13(17-11)9-4-3-5-10(15)8-9/h3-5,8,16H,6-7H2,1-2H3. The van der Waals surface area contributed by atoms with Gasteiger partial charge in [-0.15, -0.1) is 0 Å². The Morgan fingerprint density at radius 2 is 2.22 bits per heavy atom. The molecule has 1 aromatic carbocycles. The van der Waals surface area contributed by atoms with Crippen molar-refractivity contribution >= 4 is 11.6 Å². The second kappa shape index (κ2) is 5.50. The van der Waals surface area contributed by atoms with Crippen LogP contribution in [0.3, 0.4) is 0 Å². The monoisotopic (exact) mass is 267 g/mol. The molecule has 1 N–H and O–H groups in total. The predicted octanol–water partition coefficient (Wildman–Crippen LogP) is 2.64. The zero-order valence-electron chi connectivity index (χ0n) is 10.4. The summed E-state index contributed by atoms with van der Waals surface area (Å²) in [6.07, 6.45) is 0.749. The SMILES string of the molecule is CNCCc1nc(-c2cccc(F)c2)n(C)c1Cl. The summed E-state index contributed by atoms with van der Waals surface area (Å²) in [5, 5.41) is 3.65. The van der Waals surface area contributed by atoms with E-state index in [0.29, 0.717) is 11.0 Å². The van der Waals surface area contributed by atoms with E-state index in [0.717, 1.165) is 24.2 Å². The van der Waals surface area contributed by atoms with Crippen molar-refractivity contribution in [2.24, 2.45) is 7.05 Å². The van der Waals surface area contributed by atoms with Crippen LogP contribution in [0.5, 0.6) is 0 Å². The number of hydrogen-bond donors (Lipinski definition) is 1. The fraction of sp³-hybridized carbons (Fsp3) is 0.308. The molecule has 1 aromatic heterocycles. The highest BCUT2D eigenvalue weighted by atomic mass is 35.5. The van der Waals surface area contributed by atoms with Crippen LogP contribution < -0.4 is 5.32 Å². The Kier molecular flexibility index (Phi) is 3.99. The molecule has 2 aromatic rings. The normalized spacial score (nSPS) is 10.9. The molecule has 2 rings (SSSR count). The molecule has 0 atom stereocenters. The Morgan fingerprint density at radius 1 is 1.44 bits per heavy atom. The molecule has 3 nitrogen and oxygen atoms in total. The third kappa shape index (κ3) is 2.54. The first-order chi connectivity index (χ1) is 8.63. The molecule has 0 bridgehead atoms. The second-order valence-electron chi connectivity index (χ2n) is 4.10. The van der Waals surface area contributed by atoms with Crippen LogP contribution in [-0.2, 0) is 13.5 Å². The Hall–Kier alpha value is -1.39. The third-order valence-electron chi connectivity index (χ3n) is 2.79. The predicted molar refractivity (Wildman–Crippen MR) is 71.2 cm³/mol. The van der Waals surface area contributed by atoms with Gasteiger partial charge in [-0.05, 0) is 19.2 Å². The molecule has 0 fully saturated rings. The maximum atomic E-state index is 13.2. The molecule has 0 aliphatic carbocycles. The van der Waals surface area contributed by atoms with Gasteiger partial charge in [-0.25, -0.2) is 9.37 Å². The number of rotatable bonds is 4. The van der Waals surface area contributed by atoms with E-state index >= 15 is 0 Å². The van der Waals surface area contributed by atoms with E-state index in [-0.39, 0.29) is 5.82 Å². The van der Waals surface area contributed by atoms with Crippen molar-refractivity contribution in [3.8, 4) is 11.4 Å². The minimum Gasteiger partial charge on any atom is -0.319 e. The van der Waals surface area contributed by atoms with Gasteiger partial charge in [0.05, 0.1) is 5.69 Å². The fourth-order valence-corrected chi connectivity index (χ4v) is 2.04. The van der Waals surface area contributed by atoms with E-state index in [2.05, 4.69) is 10.3 Å². The van der Waals surface area contributed by atoms with Crippen molar-refractivity contribution in [3.05, 3.63) is 40.9 Å². The van der Waals surface area contributed by atoms with Crippen molar-refractivity contribution in [2.75, 3.05) is 13.6 Å². The molecule has 0 spiro atoms. The van der Waals surface area contributed by atoms with E-state index in [9.17, 15) is 4.39 Å². The summed E-state index contributed by atoms with van der Waals surface area (Å²) in [6, 6.07) is 6.36. The number of imidazole rings is 1. The summed E-state index contributed by atoms with van der Waals surface area (Å²) in [5.74, 6) is 0.411. The van der Waals surface area contributed by atoms with Gasteiger partial charge < -0.3 is 9.88 Å². The van der Waals surface area contributed by atoms with Crippen LogP contribution in [0.1, 0.15) is 5.69 Å². The summed E-state index contributed by atoms with van der Waals surface area (Å²) < 4.78 is 15.0. The van der Waals surface area contributed by atoms with Crippen LogP contribution in [0.2, 0.25) is 5.15 Å². The van der Waals surface area contributed by atoms with E-state index in [1.54, 1.807) is 10.6 Å². The number of hydrogen-bond acceptors (Lipinski definition) is 2. The average Bonchev–Trinajstić information content (AvgIpc) is 2.64. The van der Waals surface area contributed by atoms with Crippen molar-refractivity contribution in [1.29, 1.82) is 0 Å². The molecule has 0 saturated carbocycles. The second-order valence-corrected chi connectivity index (χ2v) is 4.45. The van der Waals surface area contributed by atoms with Crippen molar-refractivity contribution in [3.63, 3.8) is 0 Å². The Balaban J connectivity index is 2.39. The van der Waals surface area contributed by atoms with Gasteiger partial charge in [0.25, 0.3) is 0 Å². The molecule has 0 unspecified atom stereocenters. The first kappa shape index (κ1) is 13.1. The van der Waals surface area contributed by atoms with Gasteiger partial charge in [-0.2, -0.15) is 0 Å².